The van der Waals surface area contributed by atoms with Crippen molar-refractivity contribution in [1.29, 1.82) is 0 Å². The van der Waals surface area contributed by atoms with Crippen LogP contribution >= 0.6 is 0 Å². The molecular weight excluding hydrogens is 271 g/mol. The molecular formula is C14H18F3NO2. The molecule has 1 rings (SSSR count). The highest BCUT2D eigenvalue weighted by molar-refractivity contribution is 5.77. The number of hydrogen-bond donors (Lipinski definition) is 1. The third kappa shape index (κ3) is 5.11. The van der Waals surface area contributed by atoms with Crippen molar-refractivity contribution in [2.45, 2.75) is 33.0 Å². The van der Waals surface area contributed by atoms with E-state index in [1.807, 2.05) is 20.8 Å². The molecule has 1 amide bonds. The molecule has 112 valence electrons. The van der Waals surface area contributed by atoms with E-state index in [2.05, 4.69) is 5.32 Å². The average Bonchev–Trinajstić information content (AvgIpc) is 2.35. The predicted octanol–water partition coefficient (Wildman–Crippen LogP) is 3.24. The van der Waals surface area contributed by atoms with E-state index in [9.17, 15) is 18.0 Å². The zero-order valence-electron chi connectivity index (χ0n) is 11.6. The summed E-state index contributed by atoms with van der Waals surface area (Å²) in [5.41, 5.74) is -0.800. The summed E-state index contributed by atoms with van der Waals surface area (Å²) in [6.45, 7) is 5.46. The molecule has 0 radical (unpaired) electrons. The zero-order valence-corrected chi connectivity index (χ0v) is 11.6. The number of amides is 1. The number of benzene rings is 1. The molecule has 0 fully saturated rings. The van der Waals surface area contributed by atoms with Crippen LogP contribution in [0, 0.1) is 5.92 Å². The van der Waals surface area contributed by atoms with Crippen LogP contribution in [0.2, 0.25) is 0 Å². The van der Waals surface area contributed by atoms with E-state index in [-0.39, 0.29) is 30.2 Å². The average molecular weight is 289 g/mol. The molecule has 0 saturated carbocycles. The van der Waals surface area contributed by atoms with Crippen LogP contribution in [0.5, 0.6) is 5.75 Å². The minimum absolute atomic E-state index is 0.0205. The molecule has 0 spiro atoms. The van der Waals surface area contributed by atoms with Crippen molar-refractivity contribution in [2.75, 3.05) is 6.61 Å². The van der Waals surface area contributed by atoms with Gasteiger partial charge in [0, 0.05) is 6.04 Å². The summed E-state index contributed by atoms with van der Waals surface area (Å²) in [7, 11) is 0. The van der Waals surface area contributed by atoms with Gasteiger partial charge in [-0.25, -0.2) is 0 Å². The molecule has 1 N–H and O–H groups in total. The highest BCUT2D eigenvalue weighted by Gasteiger charge is 2.30. The lowest BCUT2D eigenvalue weighted by Crippen LogP contribution is -2.38. The van der Waals surface area contributed by atoms with Gasteiger partial charge in [-0.1, -0.05) is 19.9 Å². The summed E-state index contributed by atoms with van der Waals surface area (Å²) >= 11 is 0. The van der Waals surface area contributed by atoms with Crippen LogP contribution in [-0.4, -0.2) is 18.6 Å². The standard InChI is InChI=1S/C14H18F3NO2/c1-9(2)10(3)18-13(19)8-20-12-6-4-5-11(7-12)14(15,16)17/h4-7,9-10H,8H2,1-3H3,(H,18,19)/t10-/m0/s1. The molecule has 6 heteroatoms. The number of halogens is 3. The van der Waals surface area contributed by atoms with Gasteiger partial charge in [0.05, 0.1) is 5.56 Å². The fourth-order valence-electron chi connectivity index (χ4n) is 1.37. The quantitative estimate of drug-likeness (QED) is 0.903. The fourth-order valence-corrected chi connectivity index (χ4v) is 1.37. The monoisotopic (exact) mass is 289 g/mol. The first-order valence-corrected chi connectivity index (χ1v) is 6.29. The van der Waals surface area contributed by atoms with Gasteiger partial charge in [-0.05, 0) is 31.0 Å². The van der Waals surface area contributed by atoms with Crippen LogP contribution in [0.3, 0.4) is 0 Å². The molecule has 0 aliphatic rings. The summed E-state index contributed by atoms with van der Waals surface area (Å²) in [4.78, 5) is 11.6. The van der Waals surface area contributed by atoms with E-state index in [4.69, 9.17) is 4.74 Å². The van der Waals surface area contributed by atoms with E-state index >= 15 is 0 Å². The third-order valence-electron chi connectivity index (χ3n) is 2.92. The number of alkyl halides is 3. The molecule has 0 aliphatic heterocycles. The van der Waals surface area contributed by atoms with Gasteiger partial charge in [-0.2, -0.15) is 13.2 Å². The second-order valence-electron chi connectivity index (χ2n) is 4.91. The molecule has 1 atom stereocenters. The van der Waals surface area contributed by atoms with Gasteiger partial charge >= 0.3 is 6.18 Å². The second kappa shape index (κ2) is 6.63. The minimum Gasteiger partial charge on any atom is -0.484 e. The van der Waals surface area contributed by atoms with E-state index in [1.165, 1.54) is 12.1 Å². The number of rotatable bonds is 5. The first-order valence-electron chi connectivity index (χ1n) is 6.29. The number of hydrogen-bond acceptors (Lipinski definition) is 2. The van der Waals surface area contributed by atoms with Gasteiger partial charge in [-0.3, -0.25) is 4.79 Å². The Morgan fingerprint density at radius 2 is 1.95 bits per heavy atom. The molecule has 0 aromatic heterocycles. The number of carbonyl (C=O) groups excluding carboxylic acids is 1. The molecule has 1 aromatic rings. The summed E-state index contributed by atoms with van der Waals surface area (Å²) in [5, 5.41) is 2.71. The highest BCUT2D eigenvalue weighted by atomic mass is 19.4. The van der Waals surface area contributed by atoms with Gasteiger partial charge in [0.1, 0.15) is 5.75 Å². The number of ether oxygens (including phenoxy) is 1. The molecule has 0 unspecified atom stereocenters. The van der Waals surface area contributed by atoms with Crippen LogP contribution in [0.25, 0.3) is 0 Å². The normalized spacial score (nSPS) is 13.2. The van der Waals surface area contributed by atoms with Crippen LogP contribution in [-0.2, 0) is 11.0 Å². The van der Waals surface area contributed by atoms with Gasteiger partial charge in [0.2, 0.25) is 0 Å². The Kier molecular flexibility index (Phi) is 5.42. The van der Waals surface area contributed by atoms with E-state index in [0.717, 1.165) is 12.1 Å². The highest BCUT2D eigenvalue weighted by Crippen LogP contribution is 2.31. The van der Waals surface area contributed by atoms with Crippen molar-refractivity contribution in [1.82, 2.24) is 5.32 Å². The molecule has 1 aromatic carbocycles. The van der Waals surface area contributed by atoms with Crippen molar-refractivity contribution in [3.05, 3.63) is 29.8 Å². The van der Waals surface area contributed by atoms with E-state index in [0.29, 0.717) is 0 Å². The van der Waals surface area contributed by atoms with Gasteiger partial charge in [0.25, 0.3) is 5.91 Å². The Morgan fingerprint density at radius 1 is 1.30 bits per heavy atom. The zero-order chi connectivity index (χ0) is 15.3. The number of carbonyl (C=O) groups is 1. The van der Waals surface area contributed by atoms with Crippen LogP contribution in [0.4, 0.5) is 13.2 Å². The van der Waals surface area contributed by atoms with Gasteiger partial charge in [0.15, 0.2) is 6.61 Å². The topological polar surface area (TPSA) is 38.3 Å². The van der Waals surface area contributed by atoms with Crippen molar-refractivity contribution in [3.8, 4) is 5.75 Å². The summed E-state index contributed by atoms with van der Waals surface area (Å²) in [6.07, 6.45) is -4.42. The largest absolute Gasteiger partial charge is 0.484 e. The van der Waals surface area contributed by atoms with E-state index < -0.39 is 11.7 Å². The molecule has 0 bridgehead atoms. The van der Waals surface area contributed by atoms with Crippen molar-refractivity contribution < 1.29 is 22.7 Å². The van der Waals surface area contributed by atoms with Crippen molar-refractivity contribution in [2.24, 2.45) is 5.92 Å². The Labute approximate surface area is 116 Å². The summed E-state index contributed by atoms with van der Waals surface area (Å²) in [6, 6.07) is 4.43. The first-order chi connectivity index (χ1) is 9.20. The second-order valence-corrected chi connectivity index (χ2v) is 4.91. The summed E-state index contributed by atoms with van der Waals surface area (Å²) < 4.78 is 42.6. The summed E-state index contributed by atoms with van der Waals surface area (Å²) in [5.74, 6) is -0.0664. The van der Waals surface area contributed by atoms with Gasteiger partial charge < -0.3 is 10.1 Å². The maximum Gasteiger partial charge on any atom is 0.416 e. The van der Waals surface area contributed by atoms with Gasteiger partial charge in [-0.15, -0.1) is 0 Å². The lowest BCUT2D eigenvalue weighted by atomic mass is 10.1. The smallest absolute Gasteiger partial charge is 0.416 e. The maximum atomic E-state index is 12.5. The Hall–Kier alpha value is -1.72. The molecule has 0 heterocycles. The SMILES string of the molecule is CC(C)[C@H](C)NC(=O)COc1cccc(C(F)(F)F)c1. The van der Waals surface area contributed by atoms with Crippen molar-refractivity contribution in [3.63, 3.8) is 0 Å². The first kappa shape index (κ1) is 16.3. The number of nitrogens with one attached hydrogen (secondary N) is 1. The Balaban J connectivity index is 2.56. The molecule has 20 heavy (non-hydrogen) atoms. The molecule has 3 nitrogen and oxygen atoms in total. The fraction of sp³-hybridized carbons (Fsp3) is 0.500. The van der Waals surface area contributed by atoms with Crippen molar-refractivity contribution >= 4 is 5.91 Å². The van der Waals surface area contributed by atoms with E-state index in [1.54, 1.807) is 0 Å². The molecule has 0 saturated heterocycles. The Bertz CT molecular complexity index is 458. The predicted molar refractivity (Wildman–Crippen MR) is 69.4 cm³/mol. The van der Waals surface area contributed by atoms with Crippen LogP contribution in [0.1, 0.15) is 26.3 Å². The lowest BCUT2D eigenvalue weighted by Gasteiger charge is -2.17. The van der Waals surface area contributed by atoms with Crippen LogP contribution in [0.15, 0.2) is 24.3 Å². The molecule has 0 aliphatic carbocycles. The third-order valence-corrected chi connectivity index (χ3v) is 2.92. The van der Waals surface area contributed by atoms with Crippen LogP contribution < -0.4 is 10.1 Å². The minimum atomic E-state index is -4.42. The lowest BCUT2D eigenvalue weighted by molar-refractivity contribution is -0.137. The maximum absolute atomic E-state index is 12.5. The Morgan fingerprint density at radius 3 is 2.50 bits per heavy atom.